The first-order valence-corrected chi connectivity index (χ1v) is 11.0. The number of rotatable bonds is 6. The van der Waals surface area contributed by atoms with Gasteiger partial charge in [0, 0.05) is 16.8 Å². The number of nitrogens with one attached hydrogen (secondary N) is 1. The van der Waals surface area contributed by atoms with Crippen LogP contribution in [0.15, 0.2) is 5.16 Å². The molecule has 0 aromatic carbocycles. The third-order valence-corrected chi connectivity index (χ3v) is 7.31. The van der Waals surface area contributed by atoms with Crippen molar-refractivity contribution in [2.24, 2.45) is 0 Å². The fraction of sp³-hybridized carbons (Fsp3) is 0.556. The number of aromatic nitrogens is 3. The molecule has 2 heterocycles. The SMILES string of the molecule is N#Cc1c(NC(=O)CSc2nnc(C3CC3)n2C2CC2)sc2c1CCC2. The second-order valence-corrected chi connectivity index (χ2v) is 9.27. The van der Waals surface area contributed by atoms with Gasteiger partial charge in [0.05, 0.1) is 11.3 Å². The third-order valence-electron chi connectivity index (χ3n) is 5.16. The summed E-state index contributed by atoms with van der Waals surface area (Å²) in [6, 6.07) is 2.80. The second kappa shape index (κ2) is 6.39. The average molecular weight is 386 g/mol. The van der Waals surface area contributed by atoms with E-state index in [1.165, 1.54) is 42.3 Å². The van der Waals surface area contributed by atoms with E-state index >= 15 is 0 Å². The minimum absolute atomic E-state index is 0.0789. The smallest absolute Gasteiger partial charge is 0.235 e. The number of aryl methyl sites for hydroxylation is 1. The van der Waals surface area contributed by atoms with Crippen LogP contribution in [0.25, 0.3) is 0 Å². The van der Waals surface area contributed by atoms with Crippen LogP contribution in [0.5, 0.6) is 0 Å². The van der Waals surface area contributed by atoms with Crippen molar-refractivity contribution in [2.75, 3.05) is 11.1 Å². The van der Waals surface area contributed by atoms with Crippen LogP contribution in [0, 0.1) is 11.3 Å². The number of carbonyl (C=O) groups is 1. The molecule has 134 valence electrons. The topological polar surface area (TPSA) is 83.6 Å². The molecule has 3 aliphatic rings. The van der Waals surface area contributed by atoms with Gasteiger partial charge in [-0.25, -0.2) is 0 Å². The van der Waals surface area contributed by atoms with E-state index in [0.29, 0.717) is 28.3 Å². The van der Waals surface area contributed by atoms with Crippen molar-refractivity contribution in [2.45, 2.75) is 62.1 Å². The summed E-state index contributed by atoms with van der Waals surface area (Å²) in [5.41, 5.74) is 1.81. The molecule has 8 heteroatoms. The number of nitriles is 1. The van der Waals surface area contributed by atoms with Gasteiger partial charge in [-0.2, -0.15) is 5.26 Å². The summed E-state index contributed by atoms with van der Waals surface area (Å²) in [5, 5.41) is 22.7. The summed E-state index contributed by atoms with van der Waals surface area (Å²) in [7, 11) is 0. The van der Waals surface area contributed by atoms with Crippen molar-refractivity contribution in [3.8, 4) is 6.07 Å². The quantitative estimate of drug-likeness (QED) is 0.768. The minimum Gasteiger partial charge on any atom is -0.316 e. The van der Waals surface area contributed by atoms with Gasteiger partial charge in [0.2, 0.25) is 5.91 Å². The molecule has 0 radical (unpaired) electrons. The number of amides is 1. The Morgan fingerprint density at radius 1 is 1.31 bits per heavy atom. The number of hydrogen-bond acceptors (Lipinski definition) is 6. The van der Waals surface area contributed by atoms with Gasteiger partial charge < -0.3 is 9.88 Å². The zero-order chi connectivity index (χ0) is 17.7. The maximum absolute atomic E-state index is 12.4. The van der Waals surface area contributed by atoms with Crippen molar-refractivity contribution in [3.05, 3.63) is 21.8 Å². The zero-order valence-corrected chi connectivity index (χ0v) is 16.0. The first kappa shape index (κ1) is 16.3. The third kappa shape index (κ3) is 2.93. The minimum atomic E-state index is -0.0789. The first-order valence-electron chi connectivity index (χ1n) is 9.16. The summed E-state index contributed by atoms with van der Waals surface area (Å²) in [4.78, 5) is 13.7. The van der Waals surface area contributed by atoms with E-state index in [-0.39, 0.29) is 5.91 Å². The Balaban J connectivity index is 1.27. The highest BCUT2D eigenvalue weighted by atomic mass is 32.2. The van der Waals surface area contributed by atoms with Gasteiger partial charge in [0.15, 0.2) is 5.16 Å². The molecule has 2 fully saturated rings. The van der Waals surface area contributed by atoms with E-state index in [2.05, 4.69) is 26.2 Å². The van der Waals surface area contributed by atoms with Crippen LogP contribution in [0.3, 0.4) is 0 Å². The largest absolute Gasteiger partial charge is 0.316 e. The van der Waals surface area contributed by atoms with E-state index in [0.717, 1.165) is 35.8 Å². The molecule has 3 aliphatic carbocycles. The van der Waals surface area contributed by atoms with Crippen molar-refractivity contribution in [1.29, 1.82) is 5.26 Å². The van der Waals surface area contributed by atoms with Crippen LogP contribution in [0.1, 0.15) is 65.9 Å². The fourth-order valence-corrected chi connectivity index (χ4v) is 5.65. The highest BCUT2D eigenvalue weighted by Gasteiger charge is 2.36. The summed E-state index contributed by atoms with van der Waals surface area (Å²) in [5.74, 6) is 1.89. The highest BCUT2D eigenvalue weighted by Crippen LogP contribution is 2.46. The summed E-state index contributed by atoms with van der Waals surface area (Å²) in [6.45, 7) is 0. The monoisotopic (exact) mass is 385 g/mol. The maximum atomic E-state index is 12.4. The molecule has 0 aliphatic heterocycles. The Bertz CT molecular complexity index is 917. The van der Waals surface area contributed by atoms with Crippen LogP contribution >= 0.6 is 23.1 Å². The molecule has 0 spiro atoms. The van der Waals surface area contributed by atoms with E-state index in [1.54, 1.807) is 11.3 Å². The molecule has 0 atom stereocenters. The van der Waals surface area contributed by atoms with Crippen LogP contribution in [-0.2, 0) is 17.6 Å². The predicted molar refractivity (Wildman–Crippen MR) is 101 cm³/mol. The van der Waals surface area contributed by atoms with Crippen molar-refractivity contribution in [1.82, 2.24) is 14.8 Å². The highest BCUT2D eigenvalue weighted by molar-refractivity contribution is 7.99. The molecule has 0 saturated heterocycles. The lowest BCUT2D eigenvalue weighted by Crippen LogP contribution is -2.14. The summed E-state index contributed by atoms with van der Waals surface area (Å²) < 4.78 is 2.26. The Morgan fingerprint density at radius 2 is 2.15 bits per heavy atom. The predicted octanol–water partition coefficient (Wildman–Crippen LogP) is 3.64. The molecule has 2 aromatic rings. The summed E-state index contributed by atoms with van der Waals surface area (Å²) in [6.07, 6.45) is 7.86. The van der Waals surface area contributed by atoms with Crippen LogP contribution in [-0.4, -0.2) is 26.4 Å². The molecular weight excluding hydrogens is 366 g/mol. The van der Waals surface area contributed by atoms with Gasteiger partial charge in [-0.05, 0) is 50.5 Å². The van der Waals surface area contributed by atoms with E-state index in [9.17, 15) is 10.1 Å². The first-order chi connectivity index (χ1) is 12.7. The van der Waals surface area contributed by atoms with Crippen LogP contribution in [0.4, 0.5) is 5.00 Å². The van der Waals surface area contributed by atoms with E-state index in [4.69, 9.17) is 0 Å². The lowest BCUT2D eigenvalue weighted by molar-refractivity contribution is -0.113. The van der Waals surface area contributed by atoms with E-state index < -0.39 is 0 Å². The van der Waals surface area contributed by atoms with Gasteiger partial charge in [-0.1, -0.05) is 11.8 Å². The Labute approximate surface area is 160 Å². The van der Waals surface area contributed by atoms with Gasteiger partial charge in [-0.15, -0.1) is 21.5 Å². The van der Waals surface area contributed by atoms with Gasteiger partial charge in [0.25, 0.3) is 0 Å². The van der Waals surface area contributed by atoms with Gasteiger partial charge in [-0.3, -0.25) is 4.79 Å². The number of fused-ring (bicyclic) bond motifs is 1. The number of nitrogens with zero attached hydrogens (tertiary/aromatic N) is 4. The molecule has 2 saturated carbocycles. The second-order valence-electron chi connectivity index (χ2n) is 7.23. The number of carbonyl (C=O) groups excluding carboxylic acids is 1. The molecule has 6 nitrogen and oxygen atoms in total. The molecule has 0 bridgehead atoms. The molecule has 1 N–H and O–H groups in total. The Morgan fingerprint density at radius 3 is 2.88 bits per heavy atom. The number of hydrogen-bond donors (Lipinski definition) is 1. The lowest BCUT2D eigenvalue weighted by Gasteiger charge is -2.08. The summed E-state index contributed by atoms with van der Waals surface area (Å²) >= 11 is 3.01. The zero-order valence-electron chi connectivity index (χ0n) is 14.3. The fourth-order valence-electron chi connectivity index (χ4n) is 3.59. The number of thioether (sulfide) groups is 1. The molecular formula is C18H19N5OS2. The van der Waals surface area contributed by atoms with Crippen molar-refractivity contribution < 1.29 is 4.79 Å². The van der Waals surface area contributed by atoms with Crippen LogP contribution < -0.4 is 5.32 Å². The van der Waals surface area contributed by atoms with Crippen LogP contribution in [0.2, 0.25) is 0 Å². The van der Waals surface area contributed by atoms with Gasteiger partial charge in [0.1, 0.15) is 16.9 Å². The molecule has 2 aromatic heterocycles. The number of anilines is 1. The number of thiophene rings is 1. The molecule has 5 rings (SSSR count). The van der Waals surface area contributed by atoms with Gasteiger partial charge >= 0.3 is 0 Å². The molecule has 1 amide bonds. The Hall–Kier alpha value is -1.85. The normalized spacial score (nSPS) is 18.6. The molecule has 0 unspecified atom stereocenters. The Kier molecular flexibility index (Phi) is 4.02. The lowest BCUT2D eigenvalue weighted by atomic mass is 10.1. The average Bonchev–Trinajstić information content (AvgIpc) is 3.54. The molecule has 26 heavy (non-hydrogen) atoms. The standard InChI is InChI=1S/C18H19N5OS2/c19-8-13-12-2-1-3-14(12)26-17(13)20-15(24)9-25-18-22-21-16(10-4-5-10)23(18)11-6-7-11/h10-11H,1-7,9H2,(H,20,24). The maximum Gasteiger partial charge on any atom is 0.235 e. The van der Waals surface area contributed by atoms with E-state index in [1.807, 2.05) is 0 Å². The van der Waals surface area contributed by atoms with Crippen molar-refractivity contribution in [3.63, 3.8) is 0 Å². The van der Waals surface area contributed by atoms with Crippen molar-refractivity contribution >= 4 is 34.0 Å².